The van der Waals surface area contributed by atoms with E-state index in [0.717, 1.165) is 18.8 Å². The van der Waals surface area contributed by atoms with Crippen LogP contribution in [0.2, 0.25) is 0 Å². The van der Waals surface area contributed by atoms with Crippen molar-refractivity contribution < 1.29 is 0 Å². The van der Waals surface area contributed by atoms with Crippen LogP contribution in [0.4, 0.5) is 0 Å². The van der Waals surface area contributed by atoms with Gasteiger partial charge in [0.1, 0.15) is 12.2 Å². The molecule has 0 fully saturated rings. The van der Waals surface area contributed by atoms with Gasteiger partial charge < -0.3 is 10.3 Å². The predicted molar refractivity (Wildman–Crippen MR) is 61.9 cm³/mol. The highest BCUT2D eigenvalue weighted by molar-refractivity contribution is 5.12. The van der Waals surface area contributed by atoms with Gasteiger partial charge in [-0.1, -0.05) is 0 Å². The summed E-state index contributed by atoms with van der Waals surface area (Å²) in [6.07, 6.45) is 6.64. The molecular weight excluding hydrogens is 202 g/mol. The summed E-state index contributed by atoms with van der Waals surface area (Å²) in [5, 5.41) is 4.04. The molecule has 2 aromatic rings. The predicted octanol–water partition coefficient (Wildman–Crippen LogP) is 0.555. The smallest absolute Gasteiger partial charge is 0.146 e. The number of aryl methyl sites for hydroxylation is 1. The van der Waals surface area contributed by atoms with Crippen molar-refractivity contribution in [1.29, 1.82) is 0 Å². The Morgan fingerprint density at radius 1 is 1.50 bits per heavy atom. The summed E-state index contributed by atoms with van der Waals surface area (Å²) in [7, 11) is 1.90. The van der Waals surface area contributed by atoms with E-state index >= 15 is 0 Å². The van der Waals surface area contributed by atoms with Crippen LogP contribution in [0.3, 0.4) is 0 Å². The lowest BCUT2D eigenvalue weighted by Crippen LogP contribution is -2.17. The third-order valence-electron chi connectivity index (χ3n) is 2.50. The first-order valence-electron chi connectivity index (χ1n) is 5.38. The van der Waals surface area contributed by atoms with Gasteiger partial charge in [-0.15, -0.1) is 0 Å². The molecule has 2 N–H and O–H groups in total. The highest BCUT2D eigenvalue weighted by Crippen LogP contribution is 2.06. The van der Waals surface area contributed by atoms with Gasteiger partial charge in [-0.3, -0.25) is 4.68 Å². The molecule has 2 heterocycles. The molecule has 2 rings (SSSR count). The quantitative estimate of drug-likeness (QED) is 0.817. The van der Waals surface area contributed by atoms with E-state index in [1.165, 1.54) is 5.56 Å². The fourth-order valence-corrected chi connectivity index (χ4v) is 1.71. The summed E-state index contributed by atoms with van der Waals surface area (Å²) in [5.41, 5.74) is 7.02. The SMILES string of the molecule is CC(N)Cc1ccn(Cc2ncnn2C)c1. The fraction of sp³-hybridized carbons (Fsp3) is 0.455. The topological polar surface area (TPSA) is 61.7 Å². The average Bonchev–Trinajstić information content (AvgIpc) is 2.77. The molecule has 16 heavy (non-hydrogen) atoms. The first-order valence-corrected chi connectivity index (χ1v) is 5.38. The molecule has 1 unspecified atom stereocenters. The van der Waals surface area contributed by atoms with E-state index in [1.807, 2.05) is 20.2 Å². The van der Waals surface area contributed by atoms with Crippen LogP contribution in [-0.4, -0.2) is 25.4 Å². The van der Waals surface area contributed by atoms with Crippen molar-refractivity contribution in [3.63, 3.8) is 0 Å². The lowest BCUT2D eigenvalue weighted by Gasteiger charge is -2.03. The summed E-state index contributed by atoms with van der Waals surface area (Å²) in [4.78, 5) is 4.19. The zero-order valence-electron chi connectivity index (χ0n) is 9.67. The minimum absolute atomic E-state index is 0.200. The van der Waals surface area contributed by atoms with Gasteiger partial charge >= 0.3 is 0 Å². The minimum atomic E-state index is 0.200. The molecule has 0 amide bonds. The summed E-state index contributed by atoms with van der Waals surface area (Å²) in [6, 6.07) is 2.30. The number of rotatable bonds is 4. The van der Waals surface area contributed by atoms with E-state index < -0.39 is 0 Å². The zero-order valence-corrected chi connectivity index (χ0v) is 9.67. The van der Waals surface area contributed by atoms with Crippen LogP contribution < -0.4 is 5.73 Å². The molecule has 0 bridgehead atoms. The van der Waals surface area contributed by atoms with Gasteiger partial charge in [-0.05, 0) is 25.0 Å². The normalized spacial score (nSPS) is 12.9. The molecule has 1 atom stereocenters. The highest BCUT2D eigenvalue weighted by atomic mass is 15.3. The number of nitrogens with two attached hydrogens (primary N) is 1. The second-order valence-electron chi connectivity index (χ2n) is 4.17. The Balaban J connectivity index is 2.05. The van der Waals surface area contributed by atoms with Crippen LogP contribution in [0.5, 0.6) is 0 Å². The van der Waals surface area contributed by atoms with Crippen molar-refractivity contribution in [3.8, 4) is 0 Å². The third-order valence-corrected chi connectivity index (χ3v) is 2.50. The minimum Gasteiger partial charge on any atom is -0.346 e. The lowest BCUT2D eigenvalue weighted by molar-refractivity contribution is 0.653. The molecule has 0 aromatic carbocycles. The first-order chi connectivity index (χ1) is 7.65. The molecule has 5 nitrogen and oxygen atoms in total. The Bertz CT molecular complexity index is 454. The molecule has 5 heteroatoms. The largest absolute Gasteiger partial charge is 0.346 e. The van der Waals surface area contributed by atoms with Crippen molar-refractivity contribution >= 4 is 0 Å². The van der Waals surface area contributed by atoms with E-state index in [1.54, 1.807) is 11.0 Å². The monoisotopic (exact) mass is 219 g/mol. The Morgan fingerprint density at radius 2 is 2.31 bits per heavy atom. The second kappa shape index (κ2) is 4.49. The molecule has 0 radical (unpaired) electrons. The molecule has 0 aliphatic heterocycles. The summed E-state index contributed by atoms with van der Waals surface area (Å²) >= 11 is 0. The highest BCUT2D eigenvalue weighted by Gasteiger charge is 2.03. The van der Waals surface area contributed by atoms with Crippen LogP contribution in [0.1, 0.15) is 18.3 Å². The van der Waals surface area contributed by atoms with Crippen LogP contribution in [-0.2, 0) is 20.0 Å². The maximum atomic E-state index is 5.76. The van der Waals surface area contributed by atoms with Gasteiger partial charge in [0, 0.05) is 25.5 Å². The number of hydrogen-bond donors (Lipinski definition) is 1. The molecule has 86 valence electrons. The number of hydrogen-bond acceptors (Lipinski definition) is 3. The standard InChI is InChI=1S/C11H17N5/c1-9(12)5-10-3-4-16(6-10)7-11-13-8-14-15(11)2/h3-4,6,8-9H,5,7,12H2,1-2H3. The van der Waals surface area contributed by atoms with Gasteiger partial charge in [0.15, 0.2) is 0 Å². The van der Waals surface area contributed by atoms with Gasteiger partial charge in [-0.2, -0.15) is 5.10 Å². The van der Waals surface area contributed by atoms with Crippen LogP contribution in [0.15, 0.2) is 24.8 Å². The molecule has 0 saturated carbocycles. The van der Waals surface area contributed by atoms with Crippen LogP contribution >= 0.6 is 0 Å². The summed E-state index contributed by atoms with van der Waals surface area (Å²) < 4.78 is 3.88. The molecule has 0 aliphatic rings. The van der Waals surface area contributed by atoms with Gasteiger partial charge in [0.25, 0.3) is 0 Å². The number of aromatic nitrogens is 4. The third kappa shape index (κ3) is 2.49. The first kappa shape index (κ1) is 10.9. The van der Waals surface area contributed by atoms with Crippen LogP contribution in [0, 0.1) is 0 Å². The second-order valence-corrected chi connectivity index (χ2v) is 4.17. The Kier molecular flexibility index (Phi) is 3.05. The van der Waals surface area contributed by atoms with Crippen molar-refractivity contribution in [3.05, 3.63) is 36.2 Å². The number of nitrogens with zero attached hydrogens (tertiary/aromatic N) is 4. The van der Waals surface area contributed by atoms with E-state index in [-0.39, 0.29) is 6.04 Å². The van der Waals surface area contributed by atoms with Gasteiger partial charge in [-0.25, -0.2) is 4.98 Å². The zero-order chi connectivity index (χ0) is 11.5. The maximum absolute atomic E-state index is 5.76. The average molecular weight is 219 g/mol. The van der Waals surface area contributed by atoms with E-state index in [2.05, 4.69) is 26.9 Å². The van der Waals surface area contributed by atoms with Gasteiger partial charge in [0.05, 0.1) is 6.54 Å². The van der Waals surface area contributed by atoms with Gasteiger partial charge in [0.2, 0.25) is 0 Å². The lowest BCUT2D eigenvalue weighted by atomic mass is 10.1. The summed E-state index contributed by atoms with van der Waals surface area (Å²) in [6.45, 7) is 2.76. The Morgan fingerprint density at radius 3 is 2.94 bits per heavy atom. The molecule has 2 aromatic heterocycles. The Hall–Kier alpha value is -1.62. The van der Waals surface area contributed by atoms with Crippen molar-refractivity contribution in [2.24, 2.45) is 12.8 Å². The van der Waals surface area contributed by atoms with E-state index in [9.17, 15) is 0 Å². The molecule has 0 aliphatic carbocycles. The molecule has 0 saturated heterocycles. The maximum Gasteiger partial charge on any atom is 0.146 e. The molecular formula is C11H17N5. The fourth-order valence-electron chi connectivity index (χ4n) is 1.71. The van der Waals surface area contributed by atoms with Crippen molar-refractivity contribution in [2.75, 3.05) is 0 Å². The van der Waals surface area contributed by atoms with E-state index in [4.69, 9.17) is 5.73 Å². The van der Waals surface area contributed by atoms with E-state index in [0.29, 0.717) is 0 Å². The van der Waals surface area contributed by atoms with Crippen LogP contribution in [0.25, 0.3) is 0 Å². The Labute approximate surface area is 94.9 Å². The van der Waals surface area contributed by atoms with Crippen molar-refractivity contribution in [1.82, 2.24) is 19.3 Å². The summed E-state index contributed by atoms with van der Waals surface area (Å²) in [5.74, 6) is 0.947. The van der Waals surface area contributed by atoms with Crippen molar-refractivity contribution in [2.45, 2.75) is 25.9 Å². The molecule has 0 spiro atoms.